The monoisotopic (exact) mass is 399 g/mol. The molecule has 0 atom stereocenters. The van der Waals surface area contributed by atoms with E-state index in [4.69, 9.17) is 0 Å². The van der Waals surface area contributed by atoms with Gasteiger partial charge in [-0.1, -0.05) is 0 Å². The minimum Gasteiger partial charge on any atom is -0.298 e. The van der Waals surface area contributed by atoms with Crippen LogP contribution >= 0.6 is 22.7 Å². The van der Waals surface area contributed by atoms with E-state index in [0.717, 1.165) is 15.4 Å². The third kappa shape index (κ3) is 3.51. The number of aryl methyl sites for hydroxylation is 2. The molecule has 4 rings (SSSR count). The van der Waals surface area contributed by atoms with Crippen molar-refractivity contribution in [1.29, 1.82) is 0 Å². The van der Waals surface area contributed by atoms with Gasteiger partial charge in [-0.25, -0.2) is 19.0 Å². The summed E-state index contributed by atoms with van der Waals surface area (Å²) in [6.45, 7) is 4.00. The number of aromatic nitrogens is 4. The minimum atomic E-state index is -0.557. The second-order valence-corrected chi connectivity index (χ2v) is 8.29. The van der Waals surface area contributed by atoms with Crippen molar-refractivity contribution in [3.05, 3.63) is 64.1 Å². The Labute approximate surface area is 162 Å². The summed E-state index contributed by atoms with van der Waals surface area (Å²) in [6.07, 6.45) is 2.71. The second-order valence-electron chi connectivity index (χ2n) is 5.79. The maximum Gasteiger partial charge on any atom is 0.257 e. The molecule has 3 heterocycles. The fraction of sp³-hybridized carbons (Fsp3) is 0.111. The Morgan fingerprint density at radius 2 is 2.04 bits per heavy atom. The molecular weight excluding hydrogens is 385 g/mol. The first kappa shape index (κ1) is 17.5. The zero-order valence-corrected chi connectivity index (χ0v) is 16.1. The number of thiazole rings is 1. The van der Waals surface area contributed by atoms with Crippen molar-refractivity contribution in [2.75, 3.05) is 5.32 Å². The summed E-state index contributed by atoms with van der Waals surface area (Å²) < 4.78 is 15.6. The van der Waals surface area contributed by atoms with Gasteiger partial charge in [-0.3, -0.25) is 10.1 Å². The van der Waals surface area contributed by atoms with Crippen LogP contribution in [0.3, 0.4) is 0 Å². The number of nitrogens with zero attached hydrogens (tertiary/aromatic N) is 4. The summed E-state index contributed by atoms with van der Waals surface area (Å²) in [4.78, 5) is 24.1. The number of halogens is 1. The van der Waals surface area contributed by atoms with Crippen molar-refractivity contribution >= 4 is 33.7 Å². The number of hydrogen-bond donors (Lipinski definition) is 1. The molecule has 27 heavy (non-hydrogen) atoms. The van der Waals surface area contributed by atoms with E-state index in [1.54, 1.807) is 17.4 Å². The van der Waals surface area contributed by atoms with Gasteiger partial charge in [0, 0.05) is 15.3 Å². The van der Waals surface area contributed by atoms with Crippen LogP contribution in [0.4, 0.5) is 9.52 Å². The van der Waals surface area contributed by atoms with Gasteiger partial charge in [0.2, 0.25) is 0 Å². The Balaban J connectivity index is 1.55. The number of carbonyl (C=O) groups is 1. The zero-order chi connectivity index (χ0) is 19.0. The van der Waals surface area contributed by atoms with Gasteiger partial charge in [-0.2, -0.15) is 5.10 Å². The first-order valence-corrected chi connectivity index (χ1v) is 9.64. The van der Waals surface area contributed by atoms with Crippen molar-refractivity contribution in [3.63, 3.8) is 0 Å². The molecule has 6 nitrogen and oxygen atoms in total. The molecule has 136 valence electrons. The first-order valence-electron chi connectivity index (χ1n) is 8.01. The molecule has 0 aliphatic rings. The second kappa shape index (κ2) is 7.01. The lowest BCUT2D eigenvalue weighted by Gasteiger charge is -2.05. The van der Waals surface area contributed by atoms with Gasteiger partial charge >= 0.3 is 0 Å². The molecular formula is C18H14FN5OS2. The van der Waals surface area contributed by atoms with Crippen molar-refractivity contribution in [2.45, 2.75) is 13.8 Å². The molecule has 0 aliphatic carbocycles. The van der Waals surface area contributed by atoms with Crippen LogP contribution in [0.2, 0.25) is 0 Å². The van der Waals surface area contributed by atoms with Crippen LogP contribution < -0.4 is 5.32 Å². The summed E-state index contributed by atoms with van der Waals surface area (Å²) >= 11 is 3.05. The van der Waals surface area contributed by atoms with Crippen molar-refractivity contribution in [2.24, 2.45) is 0 Å². The minimum absolute atomic E-state index is 0.206. The summed E-state index contributed by atoms with van der Waals surface area (Å²) in [5.41, 5.74) is 1.29. The van der Waals surface area contributed by atoms with E-state index >= 15 is 0 Å². The van der Waals surface area contributed by atoms with E-state index in [0.29, 0.717) is 5.13 Å². The fourth-order valence-corrected chi connectivity index (χ4v) is 4.38. The molecule has 3 aromatic heterocycles. The Kier molecular flexibility index (Phi) is 4.54. The molecule has 4 aromatic rings. The lowest BCUT2D eigenvalue weighted by molar-refractivity contribution is 0.102. The molecule has 0 fully saturated rings. The molecule has 0 unspecified atom stereocenters. The van der Waals surface area contributed by atoms with E-state index in [1.165, 1.54) is 45.7 Å². The van der Waals surface area contributed by atoms with Crippen LogP contribution in [0.15, 0.2) is 43.0 Å². The van der Waals surface area contributed by atoms with Crippen molar-refractivity contribution < 1.29 is 9.18 Å². The zero-order valence-electron chi connectivity index (χ0n) is 14.4. The smallest absolute Gasteiger partial charge is 0.257 e. The third-order valence-electron chi connectivity index (χ3n) is 3.87. The van der Waals surface area contributed by atoms with Gasteiger partial charge in [0.25, 0.3) is 5.91 Å². The average Bonchev–Trinajstić information content (AvgIpc) is 3.36. The standard InChI is InChI=1S/C18H14FN5OS2/c1-10-3-6-15(26-10)16-11(2)27-18(22-16)23-17(25)12-4-5-14(13(19)7-12)24-9-20-8-21-24/h3-9H,1-2H3,(H,22,23,25). The average molecular weight is 399 g/mol. The molecule has 0 saturated carbocycles. The number of amides is 1. The van der Waals surface area contributed by atoms with Crippen molar-refractivity contribution in [1.82, 2.24) is 19.7 Å². The highest BCUT2D eigenvalue weighted by molar-refractivity contribution is 7.18. The maximum atomic E-state index is 14.3. The Morgan fingerprint density at radius 1 is 1.19 bits per heavy atom. The molecule has 0 bridgehead atoms. The number of rotatable bonds is 4. The fourth-order valence-electron chi connectivity index (χ4n) is 2.58. The molecule has 0 spiro atoms. The molecule has 9 heteroatoms. The number of benzene rings is 1. The van der Waals surface area contributed by atoms with Crippen LogP contribution in [0, 0.1) is 19.7 Å². The van der Waals surface area contributed by atoms with Crippen LogP contribution in [0.1, 0.15) is 20.1 Å². The lowest BCUT2D eigenvalue weighted by Crippen LogP contribution is -2.12. The van der Waals surface area contributed by atoms with Crippen LogP contribution in [-0.2, 0) is 0 Å². The predicted molar refractivity (Wildman–Crippen MR) is 104 cm³/mol. The van der Waals surface area contributed by atoms with Gasteiger partial charge < -0.3 is 0 Å². The van der Waals surface area contributed by atoms with Crippen LogP contribution in [-0.4, -0.2) is 25.7 Å². The third-order valence-corrected chi connectivity index (χ3v) is 5.76. The maximum absolute atomic E-state index is 14.3. The van der Waals surface area contributed by atoms with Gasteiger partial charge in [0.05, 0.1) is 10.6 Å². The molecule has 1 aromatic carbocycles. The molecule has 0 aliphatic heterocycles. The number of carbonyl (C=O) groups excluding carboxylic acids is 1. The lowest BCUT2D eigenvalue weighted by atomic mass is 10.2. The molecule has 1 amide bonds. The van der Waals surface area contributed by atoms with Gasteiger partial charge in [0.1, 0.15) is 24.2 Å². The summed E-state index contributed by atoms with van der Waals surface area (Å²) in [7, 11) is 0. The summed E-state index contributed by atoms with van der Waals surface area (Å²) in [5.74, 6) is -0.972. The normalized spacial score (nSPS) is 10.9. The highest BCUT2D eigenvalue weighted by Crippen LogP contribution is 2.34. The number of hydrogen-bond acceptors (Lipinski definition) is 6. The Bertz CT molecular complexity index is 1120. The Morgan fingerprint density at radius 3 is 2.70 bits per heavy atom. The summed E-state index contributed by atoms with van der Waals surface area (Å²) in [6, 6.07) is 8.27. The number of thiophene rings is 1. The Hall–Kier alpha value is -2.91. The van der Waals surface area contributed by atoms with Gasteiger partial charge in [0.15, 0.2) is 5.13 Å². The number of nitrogens with one attached hydrogen (secondary N) is 1. The SMILES string of the molecule is Cc1ccc(-c2nc(NC(=O)c3ccc(-n4cncn4)c(F)c3)sc2C)s1. The van der Waals surface area contributed by atoms with E-state index in [9.17, 15) is 9.18 Å². The first-order chi connectivity index (χ1) is 13.0. The van der Waals surface area contributed by atoms with E-state index in [-0.39, 0.29) is 11.3 Å². The van der Waals surface area contributed by atoms with Crippen LogP contribution in [0.5, 0.6) is 0 Å². The highest BCUT2D eigenvalue weighted by atomic mass is 32.1. The molecule has 1 N–H and O–H groups in total. The van der Waals surface area contributed by atoms with Crippen molar-refractivity contribution in [3.8, 4) is 16.3 Å². The van der Waals surface area contributed by atoms with E-state index in [2.05, 4.69) is 20.4 Å². The molecule has 0 radical (unpaired) electrons. The summed E-state index contributed by atoms with van der Waals surface area (Å²) in [5, 5.41) is 7.12. The van der Waals surface area contributed by atoms with E-state index < -0.39 is 11.7 Å². The quantitative estimate of drug-likeness (QED) is 0.550. The highest BCUT2D eigenvalue weighted by Gasteiger charge is 2.16. The predicted octanol–water partition coefficient (Wildman–Crippen LogP) is 4.46. The van der Waals surface area contributed by atoms with Crippen LogP contribution in [0.25, 0.3) is 16.3 Å². The molecule has 0 saturated heterocycles. The van der Waals surface area contributed by atoms with E-state index in [1.807, 2.05) is 26.0 Å². The van der Waals surface area contributed by atoms with Gasteiger partial charge in [-0.15, -0.1) is 22.7 Å². The number of anilines is 1. The topological polar surface area (TPSA) is 72.7 Å². The van der Waals surface area contributed by atoms with Gasteiger partial charge in [-0.05, 0) is 44.2 Å². The largest absolute Gasteiger partial charge is 0.298 e.